The summed E-state index contributed by atoms with van der Waals surface area (Å²) >= 11 is 0. The first-order valence-electron chi connectivity index (χ1n) is 16.0. The van der Waals surface area contributed by atoms with Crippen molar-refractivity contribution in [1.82, 2.24) is 25.4 Å². The van der Waals surface area contributed by atoms with E-state index in [-0.39, 0.29) is 18.1 Å². The average Bonchev–Trinajstić information content (AvgIpc) is 3.75. The fraction of sp³-hybridized carbons (Fsp3) is 0.457. The molecule has 0 radical (unpaired) electrons. The number of amides is 1. The molecule has 4 aliphatic rings. The van der Waals surface area contributed by atoms with Crippen LogP contribution in [0.3, 0.4) is 0 Å². The van der Waals surface area contributed by atoms with Crippen molar-refractivity contribution >= 4 is 16.8 Å². The number of nitrogens with one attached hydrogen (secondary N) is 2. The number of ether oxygens (including phenoxy) is 2. The van der Waals surface area contributed by atoms with Gasteiger partial charge in [0.05, 0.1) is 42.2 Å². The topological polar surface area (TPSA) is 92.4 Å². The van der Waals surface area contributed by atoms with Crippen molar-refractivity contribution < 1.29 is 14.3 Å². The van der Waals surface area contributed by atoms with Crippen LogP contribution in [0.1, 0.15) is 73.5 Å². The summed E-state index contributed by atoms with van der Waals surface area (Å²) in [7, 11) is 0. The van der Waals surface area contributed by atoms with Gasteiger partial charge in [0.2, 0.25) is 0 Å². The second kappa shape index (κ2) is 11.4. The van der Waals surface area contributed by atoms with Gasteiger partial charge >= 0.3 is 0 Å². The summed E-state index contributed by atoms with van der Waals surface area (Å²) in [4.78, 5) is 20.9. The maximum absolute atomic E-state index is 13.6. The van der Waals surface area contributed by atoms with Crippen LogP contribution in [0.15, 0.2) is 66.9 Å². The molecule has 3 saturated heterocycles. The number of rotatable bonds is 8. The summed E-state index contributed by atoms with van der Waals surface area (Å²) in [5, 5.41) is 12.0. The van der Waals surface area contributed by atoms with Crippen LogP contribution in [0.5, 0.6) is 5.75 Å². The number of benzene rings is 2. The summed E-state index contributed by atoms with van der Waals surface area (Å²) < 4.78 is 12.0. The average molecular weight is 578 g/mol. The van der Waals surface area contributed by atoms with E-state index in [1.54, 1.807) is 0 Å². The smallest absolute Gasteiger partial charge is 0.251 e. The van der Waals surface area contributed by atoms with Gasteiger partial charge in [-0.1, -0.05) is 18.9 Å². The minimum Gasteiger partial charge on any atom is -0.490 e. The Labute approximate surface area is 252 Å². The zero-order chi connectivity index (χ0) is 28.8. The lowest BCUT2D eigenvalue weighted by Gasteiger charge is -2.46. The molecule has 0 spiro atoms. The molecule has 2 N–H and O–H groups in total. The van der Waals surface area contributed by atoms with Crippen LogP contribution in [-0.4, -0.2) is 63.4 Å². The van der Waals surface area contributed by atoms with E-state index in [1.807, 2.05) is 42.6 Å². The summed E-state index contributed by atoms with van der Waals surface area (Å²) in [6.45, 7) is 1.78. The van der Waals surface area contributed by atoms with E-state index < -0.39 is 0 Å². The molecule has 2 aromatic heterocycles. The van der Waals surface area contributed by atoms with E-state index in [1.165, 1.54) is 25.7 Å². The Bertz CT molecular complexity index is 1560. The molecular formula is C35H39N5O3. The van der Waals surface area contributed by atoms with E-state index in [9.17, 15) is 4.79 Å². The number of hydrogen-bond acceptors (Lipinski definition) is 6. The molecule has 43 heavy (non-hydrogen) atoms. The summed E-state index contributed by atoms with van der Waals surface area (Å²) in [6, 6.07) is 21.7. The van der Waals surface area contributed by atoms with Crippen LogP contribution >= 0.6 is 0 Å². The van der Waals surface area contributed by atoms with Crippen molar-refractivity contribution in [3.8, 4) is 17.0 Å². The fourth-order valence-electron chi connectivity index (χ4n) is 8.02. The van der Waals surface area contributed by atoms with Crippen LogP contribution in [0.25, 0.3) is 22.2 Å². The second-order valence-corrected chi connectivity index (χ2v) is 12.8. The molecule has 2 bridgehead atoms. The monoisotopic (exact) mass is 577 g/mol. The number of aromatic amines is 1. The molecule has 3 aliphatic heterocycles. The van der Waals surface area contributed by atoms with E-state index in [4.69, 9.17) is 9.47 Å². The maximum atomic E-state index is 13.6. The van der Waals surface area contributed by atoms with Crippen LogP contribution in [-0.2, 0) is 4.74 Å². The minimum absolute atomic E-state index is 0.0785. The summed E-state index contributed by atoms with van der Waals surface area (Å²) in [5.74, 6) is 1.24. The molecule has 8 heteroatoms. The zero-order valence-electron chi connectivity index (χ0n) is 24.5. The number of aromatic nitrogens is 3. The molecule has 222 valence electrons. The van der Waals surface area contributed by atoms with Crippen molar-refractivity contribution in [2.45, 2.75) is 81.6 Å². The lowest BCUT2D eigenvalue weighted by Crippen LogP contribution is -2.57. The first-order chi connectivity index (χ1) is 21.2. The number of H-pyrrole nitrogens is 1. The number of fused-ring (bicyclic) bond motifs is 3. The number of carbonyl (C=O) groups excluding carboxylic acids is 1. The zero-order valence-corrected chi connectivity index (χ0v) is 24.5. The highest BCUT2D eigenvalue weighted by molar-refractivity contribution is 6.01. The standard InChI is InChI=1S/C35H39N5O3/c41-35(37-34(22-5-1-2-6-22)32-7-3-4-16-36-32)24-10-15-31-30(17-24)33(39-38-31)23-8-13-28(14-9-23)43-29-18-25-11-12-26(19-29)40(25)27-20-42-21-27/h3-4,7-10,13-17,22,25-27,29,34H,1-2,5-6,11-12,18-21H2,(H,37,41)(H,38,39)/t25-,26+,29?,34?. The Morgan fingerprint density at radius 3 is 2.44 bits per heavy atom. The molecule has 4 aromatic rings. The number of nitrogens with zero attached hydrogens (tertiary/aromatic N) is 3. The van der Waals surface area contributed by atoms with Crippen LogP contribution in [0.2, 0.25) is 0 Å². The van der Waals surface area contributed by atoms with Crippen LogP contribution < -0.4 is 10.1 Å². The molecule has 8 rings (SSSR count). The predicted molar refractivity (Wildman–Crippen MR) is 165 cm³/mol. The van der Waals surface area contributed by atoms with Crippen molar-refractivity contribution in [2.75, 3.05) is 13.2 Å². The van der Waals surface area contributed by atoms with Gasteiger partial charge in [-0.25, -0.2) is 0 Å². The van der Waals surface area contributed by atoms with Gasteiger partial charge in [-0.05, 0) is 99.0 Å². The fourth-order valence-corrected chi connectivity index (χ4v) is 8.02. The van der Waals surface area contributed by atoms with Crippen LogP contribution in [0.4, 0.5) is 0 Å². The van der Waals surface area contributed by atoms with Crippen molar-refractivity contribution in [3.63, 3.8) is 0 Å². The third kappa shape index (κ3) is 5.21. The summed E-state index contributed by atoms with van der Waals surface area (Å²) in [6.07, 6.45) is 11.4. The highest BCUT2D eigenvalue weighted by Gasteiger charge is 2.46. The van der Waals surface area contributed by atoms with E-state index in [2.05, 4.69) is 49.7 Å². The first kappa shape index (κ1) is 26.8. The van der Waals surface area contributed by atoms with Gasteiger partial charge in [-0.2, -0.15) is 5.10 Å². The van der Waals surface area contributed by atoms with Gasteiger partial charge < -0.3 is 14.8 Å². The van der Waals surface area contributed by atoms with Gasteiger partial charge in [-0.15, -0.1) is 0 Å². The minimum atomic E-state index is -0.0853. The molecule has 4 atom stereocenters. The Hall–Kier alpha value is -3.75. The van der Waals surface area contributed by atoms with Crippen LogP contribution in [0, 0.1) is 5.92 Å². The molecule has 2 aromatic carbocycles. The lowest BCUT2D eigenvalue weighted by molar-refractivity contribution is -0.102. The largest absolute Gasteiger partial charge is 0.490 e. The predicted octanol–water partition coefficient (Wildman–Crippen LogP) is 6.06. The molecule has 1 saturated carbocycles. The molecule has 8 nitrogen and oxygen atoms in total. The van der Waals surface area contributed by atoms with E-state index in [0.717, 1.165) is 72.5 Å². The van der Waals surface area contributed by atoms with Crippen molar-refractivity contribution in [2.24, 2.45) is 5.92 Å². The highest BCUT2D eigenvalue weighted by atomic mass is 16.5. The first-order valence-corrected chi connectivity index (χ1v) is 16.0. The van der Waals surface area contributed by atoms with Gasteiger partial charge in [0.15, 0.2) is 0 Å². The third-order valence-corrected chi connectivity index (χ3v) is 10.2. The van der Waals surface area contributed by atoms with E-state index >= 15 is 0 Å². The Morgan fingerprint density at radius 1 is 0.953 bits per heavy atom. The summed E-state index contributed by atoms with van der Waals surface area (Å²) in [5.41, 5.74) is 4.29. The molecule has 1 aliphatic carbocycles. The molecule has 2 unspecified atom stereocenters. The Balaban J connectivity index is 0.974. The highest BCUT2D eigenvalue weighted by Crippen LogP contribution is 2.40. The lowest BCUT2D eigenvalue weighted by atomic mass is 9.94. The quantitative estimate of drug-likeness (QED) is 0.265. The molecule has 1 amide bonds. The third-order valence-electron chi connectivity index (χ3n) is 10.2. The number of hydrogen-bond donors (Lipinski definition) is 2. The second-order valence-electron chi connectivity index (χ2n) is 12.8. The normalized spacial score (nSPS) is 25.1. The van der Waals surface area contributed by atoms with E-state index in [0.29, 0.717) is 29.6 Å². The SMILES string of the molecule is O=C(NC(c1ccccn1)C1CCCC1)c1ccc2[nH]nc(-c3ccc(OC4C[C@H]5CC[C@@H](C4)N5C4COC4)cc3)c2c1. The Kier molecular flexibility index (Phi) is 7.11. The molecule has 5 heterocycles. The molecule has 4 fully saturated rings. The van der Waals surface area contributed by atoms with Crippen molar-refractivity contribution in [3.05, 3.63) is 78.1 Å². The van der Waals surface area contributed by atoms with Gasteiger partial charge in [0.1, 0.15) is 11.9 Å². The maximum Gasteiger partial charge on any atom is 0.251 e. The molecular weight excluding hydrogens is 538 g/mol. The number of pyridine rings is 1. The van der Waals surface area contributed by atoms with Crippen molar-refractivity contribution in [1.29, 1.82) is 0 Å². The van der Waals surface area contributed by atoms with Gasteiger partial charge in [-0.3, -0.25) is 19.8 Å². The number of carbonyl (C=O) groups is 1. The van der Waals surface area contributed by atoms with Gasteiger partial charge in [0, 0.05) is 34.8 Å². The number of piperidine rings is 1. The van der Waals surface area contributed by atoms with Gasteiger partial charge in [0.25, 0.3) is 5.91 Å². The Morgan fingerprint density at radius 2 is 1.74 bits per heavy atom.